The van der Waals surface area contributed by atoms with Gasteiger partial charge in [0.25, 0.3) is 0 Å². The normalized spacial score (nSPS) is 26.3. The van der Waals surface area contributed by atoms with Crippen molar-refractivity contribution < 1.29 is 4.39 Å². The van der Waals surface area contributed by atoms with Crippen molar-refractivity contribution in [3.8, 4) is 0 Å². The Morgan fingerprint density at radius 1 is 1.33 bits per heavy atom. The Kier molecular flexibility index (Phi) is 3.21. The molecule has 2 rings (SSSR count). The Bertz CT molecular complexity index is 310. The Balaban J connectivity index is 1.98. The topological polar surface area (TPSA) is 24.1 Å². The zero-order chi connectivity index (χ0) is 10.7. The van der Waals surface area contributed by atoms with Crippen molar-refractivity contribution >= 4 is 5.69 Å². The van der Waals surface area contributed by atoms with Crippen LogP contribution in [0.25, 0.3) is 0 Å². The highest BCUT2D eigenvalue weighted by Gasteiger charge is 2.20. The quantitative estimate of drug-likeness (QED) is 0.779. The van der Waals surface area contributed by atoms with E-state index in [4.69, 9.17) is 0 Å². The fourth-order valence-electron chi connectivity index (χ4n) is 1.99. The lowest BCUT2D eigenvalue weighted by Gasteiger charge is -2.31. The molecule has 0 amide bonds. The van der Waals surface area contributed by atoms with Crippen LogP contribution in [0, 0.1) is 11.7 Å². The summed E-state index contributed by atoms with van der Waals surface area (Å²) in [6.45, 7) is 4.34. The molecule has 0 aliphatic carbocycles. The molecule has 1 saturated heterocycles. The maximum Gasteiger partial charge on any atom is 0.123 e. The van der Waals surface area contributed by atoms with E-state index in [1.165, 1.54) is 12.1 Å². The van der Waals surface area contributed by atoms with Crippen molar-refractivity contribution in [1.82, 2.24) is 5.32 Å². The van der Waals surface area contributed by atoms with Crippen molar-refractivity contribution in [3.05, 3.63) is 30.1 Å². The van der Waals surface area contributed by atoms with E-state index in [-0.39, 0.29) is 5.82 Å². The van der Waals surface area contributed by atoms with Crippen LogP contribution in [0.15, 0.2) is 24.3 Å². The summed E-state index contributed by atoms with van der Waals surface area (Å²) in [5.41, 5.74) is 1.01. The van der Waals surface area contributed by atoms with Crippen LogP contribution in [0.2, 0.25) is 0 Å². The molecule has 0 aromatic heterocycles. The van der Waals surface area contributed by atoms with E-state index in [2.05, 4.69) is 17.6 Å². The number of halogens is 1. The van der Waals surface area contributed by atoms with Gasteiger partial charge in [-0.1, -0.05) is 6.92 Å². The number of benzene rings is 1. The highest BCUT2D eigenvalue weighted by Crippen LogP contribution is 2.17. The van der Waals surface area contributed by atoms with Crippen LogP contribution in [-0.2, 0) is 0 Å². The molecule has 1 aliphatic rings. The second kappa shape index (κ2) is 4.62. The summed E-state index contributed by atoms with van der Waals surface area (Å²) in [5, 5.41) is 6.81. The third kappa shape index (κ3) is 2.69. The van der Waals surface area contributed by atoms with Crippen LogP contribution in [0.1, 0.15) is 13.3 Å². The molecule has 0 radical (unpaired) electrons. The van der Waals surface area contributed by atoms with Crippen LogP contribution in [0.3, 0.4) is 0 Å². The van der Waals surface area contributed by atoms with E-state index in [1.807, 2.05) is 0 Å². The number of hydrogen-bond donors (Lipinski definition) is 2. The molecule has 1 fully saturated rings. The Morgan fingerprint density at radius 3 is 2.73 bits per heavy atom. The predicted molar refractivity (Wildman–Crippen MR) is 60.5 cm³/mol. The van der Waals surface area contributed by atoms with Gasteiger partial charge in [-0.15, -0.1) is 0 Å². The molecule has 0 unspecified atom stereocenters. The van der Waals surface area contributed by atoms with Gasteiger partial charge in [0, 0.05) is 11.7 Å². The Labute approximate surface area is 89.9 Å². The van der Waals surface area contributed by atoms with Crippen LogP contribution >= 0.6 is 0 Å². The summed E-state index contributed by atoms with van der Waals surface area (Å²) in [6, 6.07) is 7.08. The van der Waals surface area contributed by atoms with Gasteiger partial charge in [-0.3, -0.25) is 0 Å². The summed E-state index contributed by atoms with van der Waals surface area (Å²) in [7, 11) is 0. The Hall–Kier alpha value is -1.09. The fraction of sp³-hybridized carbons (Fsp3) is 0.500. The second-order valence-corrected chi connectivity index (χ2v) is 4.23. The predicted octanol–water partition coefficient (Wildman–Crippen LogP) is 2.24. The van der Waals surface area contributed by atoms with Crippen LogP contribution < -0.4 is 10.6 Å². The maximum absolute atomic E-state index is 12.7. The summed E-state index contributed by atoms with van der Waals surface area (Å²) in [6.07, 6.45) is 1.12. The third-order valence-electron chi connectivity index (χ3n) is 2.98. The van der Waals surface area contributed by atoms with Gasteiger partial charge in [0.05, 0.1) is 0 Å². The lowest BCUT2D eigenvalue weighted by molar-refractivity contribution is 0.368. The minimum absolute atomic E-state index is 0.182. The molecule has 82 valence electrons. The first-order valence-corrected chi connectivity index (χ1v) is 5.48. The Morgan fingerprint density at radius 2 is 2.07 bits per heavy atom. The van der Waals surface area contributed by atoms with E-state index in [9.17, 15) is 4.39 Å². The molecule has 1 aromatic carbocycles. The van der Waals surface area contributed by atoms with Crippen molar-refractivity contribution in [2.75, 3.05) is 18.4 Å². The fourth-order valence-corrected chi connectivity index (χ4v) is 1.99. The molecule has 2 atom stereocenters. The number of piperidine rings is 1. The number of nitrogens with one attached hydrogen (secondary N) is 2. The molecule has 0 bridgehead atoms. The SMILES string of the molecule is C[C@H]1CNCC[C@H]1Nc1ccc(F)cc1. The summed E-state index contributed by atoms with van der Waals surface area (Å²) in [4.78, 5) is 0. The molecule has 2 N–H and O–H groups in total. The maximum atomic E-state index is 12.7. The van der Waals surface area contributed by atoms with Crippen molar-refractivity contribution in [3.63, 3.8) is 0 Å². The molecular weight excluding hydrogens is 191 g/mol. The molecule has 1 heterocycles. The van der Waals surface area contributed by atoms with Crippen LogP contribution in [0.4, 0.5) is 10.1 Å². The third-order valence-corrected chi connectivity index (χ3v) is 2.98. The summed E-state index contributed by atoms with van der Waals surface area (Å²) < 4.78 is 12.7. The smallest absolute Gasteiger partial charge is 0.123 e. The van der Waals surface area contributed by atoms with Gasteiger partial charge in [-0.25, -0.2) is 4.39 Å². The standard InChI is InChI=1S/C12H17FN2/c1-9-8-14-7-6-12(9)15-11-4-2-10(13)3-5-11/h2-5,9,12,14-15H,6-8H2,1H3/t9-,12+/m0/s1. The molecule has 0 saturated carbocycles. The van der Waals surface area contributed by atoms with Crippen LogP contribution in [-0.4, -0.2) is 19.1 Å². The minimum Gasteiger partial charge on any atom is -0.382 e. The lowest BCUT2D eigenvalue weighted by atomic mass is 9.95. The zero-order valence-corrected chi connectivity index (χ0v) is 8.96. The number of rotatable bonds is 2. The van der Waals surface area contributed by atoms with Gasteiger partial charge < -0.3 is 10.6 Å². The molecule has 3 heteroatoms. The van der Waals surface area contributed by atoms with Gasteiger partial charge in [0.1, 0.15) is 5.82 Å². The van der Waals surface area contributed by atoms with E-state index in [1.54, 1.807) is 12.1 Å². The molecule has 1 aromatic rings. The van der Waals surface area contributed by atoms with Crippen molar-refractivity contribution in [2.45, 2.75) is 19.4 Å². The van der Waals surface area contributed by atoms with E-state index >= 15 is 0 Å². The minimum atomic E-state index is -0.182. The highest BCUT2D eigenvalue weighted by atomic mass is 19.1. The number of hydrogen-bond acceptors (Lipinski definition) is 2. The monoisotopic (exact) mass is 208 g/mol. The number of anilines is 1. The van der Waals surface area contributed by atoms with Crippen molar-refractivity contribution in [2.24, 2.45) is 5.92 Å². The molecule has 2 nitrogen and oxygen atoms in total. The van der Waals surface area contributed by atoms with Gasteiger partial charge in [-0.05, 0) is 49.7 Å². The van der Waals surface area contributed by atoms with Gasteiger partial charge in [0.15, 0.2) is 0 Å². The van der Waals surface area contributed by atoms with Crippen molar-refractivity contribution in [1.29, 1.82) is 0 Å². The lowest BCUT2D eigenvalue weighted by Crippen LogP contribution is -2.42. The molecule has 15 heavy (non-hydrogen) atoms. The van der Waals surface area contributed by atoms with Gasteiger partial charge in [-0.2, -0.15) is 0 Å². The largest absolute Gasteiger partial charge is 0.382 e. The molecular formula is C12H17FN2. The average Bonchev–Trinajstić information content (AvgIpc) is 2.25. The first kappa shape index (κ1) is 10.4. The van der Waals surface area contributed by atoms with Gasteiger partial charge >= 0.3 is 0 Å². The first-order chi connectivity index (χ1) is 7.25. The van der Waals surface area contributed by atoms with Gasteiger partial charge in [0.2, 0.25) is 0 Å². The van der Waals surface area contributed by atoms with E-state index in [0.717, 1.165) is 25.2 Å². The highest BCUT2D eigenvalue weighted by molar-refractivity contribution is 5.44. The molecule has 1 aliphatic heterocycles. The first-order valence-electron chi connectivity index (χ1n) is 5.48. The van der Waals surface area contributed by atoms with E-state index < -0.39 is 0 Å². The summed E-state index contributed by atoms with van der Waals surface area (Å²) in [5.74, 6) is 0.433. The zero-order valence-electron chi connectivity index (χ0n) is 8.96. The second-order valence-electron chi connectivity index (χ2n) is 4.23. The summed E-state index contributed by atoms with van der Waals surface area (Å²) >= 11 is 0. The van der Waals surface area contributed by atoms with E-state index in [0.29, 0.717) is 12.0 Å². The van der Waals surface area contributed by atoms with Crippen LogP contribution in [0.5, 0.6) is 0 Å². The molecule has 0 spiro atoms. The average molecular weight is 208 g/mol.